The lowest BCUT2D eigenvalue weighted by Gasteiger charge is -2.10. The van der Waals surface area contributed by atoms with E-state index in [9.17, 15) is 9.59 Å². The van der Waals surface area contributed by atoms with Gasteiger partial charge in [0.2, 0.25) is 11.8 Å². The number of nitrogens with zero attached hydrogens (tertiary/aromatic N) is 1. The van der Waals surface area contributed by atoms with Gasteiger partial charge in [0.15, 0.2) is 0 Å². The zero-order valence-electron chi connectivity index (χ0n) is 12.8. The fraction of sp³-hybridized carbons (Fsp3) is 0.167. The first-order valence-electron chi connectivity index (χ1n) is 7.30. The van der Waals surface area contributed by atoms with Gasteiger partial charge in [-0.15, -0.1) is 0 Å². The first-order chi connectivity index (χ1) is 11.1. The Labute approximate surface area is 134 Å². The third kappa shape index (κ3) is 4.68. The standard InChI is InChI=1S/C18H17N3O2/c1-2-14-7-3-4-9-16(14)21-18(23)11-17(22)20-15-8-5-6-13(10-15)12-19/h3-10H,2,11H2,1H3,(H,20,22)(H,21,23). The van der Waals surface area contributed by atoms with Gasteiger partial charge in [0, 0.05) is 11.4 Å². The number of nitriles is 1. The Morgan fingerprint density at radius 1 is 1.04 bits per heavy atom. The quantitative estimate of drug-likeness (QED) is 0.833. The monoisotopic (exact) mass is 307 g/mol. The maximum Gasteiger partial charge on any atom is 0.233 e. The molecule has 0 atom stereocenters. The predicted octanol–water partition coefficient (Wildman–Crippen LogP) is 3.09. The third-order valence-electron chi connectivity index (χ3n) is 3.27. The Balaban J connectivity index is 1.94. The molecule has 0 aliphatic carbocycles. The second-order valence-corrected chi connectivity index (χ2v) is 4.98. The number of hydrogen-bond acceptors (Lipinski definition) is 3. The molecule has 116 valence electrons. The highest BCUT2D eigenvalue weighted by Crippen LogP contribution is 2.16. The summed E-state index contributed by atoms with van der Waals surface area (Å²) in [6, 6.07) is 16.0. The maximum absolute atomic E-state index is 12.0. The lowest BCUT2D eigenvalue weighted by Crippen LogP contribution is -2.21. The number of hydrogen-bond donors (Lipinski definition) is 2. The van der Waals surface area contributed by atoms with Crippen LogP contribution in [0, 0.1) is 11.3 Å². The maximum atomic E-state index is 12.0. The van der Waals surface area contributed by atoms with Crippen molar-refractivity contribution in [3.8, 4) is 6.07 Å². The highest BCUT2D eigenvalue weighted by Gasteiger charge is 2.11. The van der Waals surface area contributed by atoms with Crippen LogP contribution in [-0.2, 0) is 16.0 Å². The van der Waals surface area contributed by atoms with E-state index in [1.165, 1.54) is 0 Å². The van der Waals surface area contributed by atoms with Crippen LogP contribution in [0.2, 0.25) is 0 Å². The molecule has 0 aliphatic rings. The summed E-state index contributed by atoms with van der Waals surface area (Å²) in [6.07, 6.45) is 0.512. The Bertz CT molecular complexity index is 763. The van der Waals surface area contributed by atoms with Crippen molar-refractivity contribution in [3.63, 3.8) is 0 Å². The van der Waals surface area contributed by atoms with Crippen molar-refractivity contribution < 1.29 is 9.59 Å². The molecule has 0 heterocycles. The number of nitrogens with one attached hydrogen (secondary N) is 2. The van der Waals surface area contributed by atoms with Crippen molar-refractivity contribution in [1.82, 2.24) is 0 Å². The van der Waals surface area contributed by atoms with Crippen molar-refractivity contribution in [1.29, 1.82) is 5.26 Å². The van der Waals surface area contributed by atoms with Crippen LogP contribution in [0.1, 0.15) is 24.5 Å². The molecule has 0 saturated heterocycles. The summed E-state index contributed by atoms with van der Waals surface area (Å²) in [5, 5.41) is 14.2. The van der Waals surface area contributed by atoms with Crippen molar-refractivity contribution in [2.24, 2.45) is 0 Å². The lowest BCUT2D eigenvalue weighted by atomic mass is 10.1. The summed E-state index contributed by atoms with van der Waals surface area (Å²) in [7, 11) is 0. The lowest BCUT2D eigenvalue weighted by molar-refractivity contribution is -0.123. The number of benzene rings is 2. The molecule has 0 bridgehead atoms. The highest BCUT2D eigenvalue weighted by molar-refractivity contribution is 6.08. The summed E-state index contributed by atoms with van der Waals surface area (Å²) in [5.74, 6) is -0.800. The number of anilines is 2. The van der Waals surface area contributed by atoms with E-state index in [0.717, 1.165) is 17.7 Å². The molecule has 0 unspecified atom stereocenters. The van der Waals surface area contributed by atoms with Crippen molar-refractivity contribution in [2.45, 2.75) is 19.8 Å². The molecule has 0 aliphatic heterocycles. The first-order valence-corrected chi connectivity index (χ1v) is 7.30. The van der Waals surface area contributed by atoms with Crippen LogP contribution in [0.25, 0.3) is 0 Å². The van der Waals surface area contributed by atoms with Gasteiger partial charge in [-0.25, -0.2) is 0 Å². The molecule has 2 amide bonds. The van der Waals surface area contributed by atoms with Gasteiger partial charge in [0.25, 0.3) is 0 Å². The number of aryl methyl sites for hydroxylation is 1. The minimum absolute atomic E-state index is 0.283. The minimum atomic E-state index is -0.424. The molecule has 0 fully saturated rings. The second kappa shape index (κ2) is 7.76. The van der Waals surface area contributed by atoms with E-state index in [-0.39, 0.29) is 12.3 Å². The molecule has 23 heavy (non-hydrogen) atoms. The van der Waals surface area contributed by atoms with Gasteiger partial charge in [-0.1, -0.05) is 31.2 Å². The molecule has 0 radical (unpaired) electrons. The molecule has 2 aromatic carbocycles. The van der Waals surface area contributed by atoms with Gasteiger partial charge in [-0.3, -0.25) is 9.59 Å². The highest BCUT2D eigenvalue weighted by atomic mass is 16.2. The normalized spacial score (nSPS) is 9.74. The Hall–Kier alpha value is -3.13. The number of carbonyl (C=O) groups excluding carboxylic acids is 2. The van der Waals surface area contributed by atoms with Crippen molar-refractivity contribution >= 4 is 23.2 Å². The second-order valence-electron chi connectivity index (χ2n) is 4.98. The minimum Gasteiger partial charge on any atom is -0.326 e. The zero-order valence-corrected chi connectivity index (χ0v) is 12.8. The number of rotatable bonds is 5. The summed E-state index contributed by atoms with van der Waals surface area (Å²) in [4.78, 5) is 23.9. The van der Waals surface area contributed by atoms with E-state index < -0.39 is 5.91 Å². The summed E-state index contributed by atoms with van der Waals surface area (Å²) >= 11 is 0. The Morgan fingerprint density at radius 3 is 2.52 bits per heavy atom. The molecule has 0 aromatic heterocycles. The van der Waals surface area contributed by atoms with Crippen LogP contribution in [0.4, 0.5) is 11.4 Å². The average Bonchev–Trinajstić information content (AvgIpc) is 2.55. The van der Waals surface area contributed by atoms with Crippen LogP contribution >= 0.6 is 0 Å². The molecule has 2 aromatic rings. The summed E-state index contributed by atoms with van der Waals surface area (Å²) in [5.41, 5.74) is 2.68. The van der Waals surface area contributed by atoms with Gasteiger partial charge < -0.3 is 10.6 Å². The summed E-state index contributed by atoms with van der Waals surface area (Å²) < 4.78 is 0. The molecule has 0 saturated carbocycles. The van der Waals surface area contributed by atoms with E-state index in [0.29, 0.717) is 11.3 Å². The van der Waals surface area contributed by atoms with Gasteiger partial charge in [-0.2, -0.15) is 5.26 Å². The van der Waals surface area contributed by atoms with E-state index in [4.69, 9.17) is 5.26 Å². The van der Waals surface area contributed by atoms with Gasteiger partial charge in [-0.05, 0) is 36.2 Å². The van der Waals surface area contributed by atoms with Crippen LogP contribution in [0.5, 0.6) is 0 Å². The van der Waals surface area contributed by atoms with Crippen molar-refractivity contribution in [2.75, 3.05) is 10.6 Å². The van der Waals surface area contributed by atoms with Crippen LogP contribution < -0.4 is 10.6 Å². The average molecular weight is 307 g/mol. The molecular weight excluding hydrogens is 290 g/mol. The first kappa shape index (κ1) is 16.2. The summed E-state index contributed by atoms with van der Waals surface area (Å²) in [6.45, 7) is 2.00. The Morgan fingerprint density at radius 2 is 1.78 bits per heavy atom. The topological polar surface area (TPSA) is 82.0 Å². The molecule has 0 spiro atoms. The predicted molar refractivity (Wildman–Crippen MR) is 88.9 cm³/mol. The van der Waals surface area contributed by atoms with Crippen LogP contribution in [-0.4, -0.2) is 11.8 Å². The molecule has 2 N–H and O–H groups in total. The fourth-order valence-electron chi connectivity index (χ4n) is 2.16. The van der Waals surface area contributed by atoms with Crippen LogP contribution in [0.3, 0.4) is 0 Å². The largest absolute Gasteiger partial charge is 0.326 e. The molecule has 5 heteroatoms. The third-order valence-corrected chi connectivity index (χ3v) is 3.27. The zero-order chi connectivity index (χ0) is 16.7. The molecule has 2 rings (SSSR count). The SMILES string of the molecule is CCc1ccccc1NC(=O)CC(=O)Nc1cccc(C#N)c1. The van der Waals surface area contributed by atoms with E-state index in [1.807, 2.05) is 37.3 Å². The number of carbonyl (C=O) groups is 2. The van der Waals surface area contributed by atoms with Crippen molar-refractivity contribution in [3.05, 3.63) is 59.7 Å². The smallest absolute Gasteiger partial charge is 0.233 e. The number of para-hydroxylation sites is 1. The van der Waals surface area contributed by atoms with E-state index in [2.05, 4.69) is 10.6 Å². The van der Waals surface area contributed by atoms with Gasteiger partial charge in [0.05, 0.1) is 11.6 Å². The van der Waals surface area contributed by atoms with E-state index in [1.54, 1.807) is 24.3 Å². The molecular formula is C18H17N3O2. The molecule has 5 nitrogen and oxygen atoms in total. The fourth-order valence-corrected chi connectivity index (χ4v) is 2.16. The Kier molecular flexibility index (Phi) is 5.48. The van der Waals surface area contributed by atoms with Gasteiger partial charge >= 0.3 is 0 Å². The number of amides is 2. The van der Waals surface area contributed by atoms with Crippen LogP contribution in [0.15, 0.2) is 48.5 Å². The van der Waals surface area contributed by atoms with E-state index >= 15 is 0 Å². The van der Waals surface area contributed by atoms with Gasteiger partial charge in [0.1, 0.15) is 6.42 Å².